The molecule has 12 aromatic rings. The van der Waals surface area contributed by atoms with Crippen molar-refractivity contribution in [2.24, 2.45) is 0 Å². The second-order valence-electron chi connectivity index (χ2n) is 24.8. The van der Waals surface area contributed by atoms with Crippen LogP contribution in [0.1, 0.15) is 111 Å². The van der Waals surface area contributed by atoms with E-state index in [9.17, 15) is 36.6 Å². The lowest BCUT2D eigenvalue weighted by Gasteiger charge is -2.16. The molecule has 0 unspecified atom stereocenters. The highest BCUT2D eigenvalue weighted by Gasteiger charge is 2.32. The summed E-state index contributed by atoms with van der Waals surface area (Å²) in [7, 11) is -4.68. The summed E-state index contributed by atoms with van der Waals surface area (Å²) < 4.78 is 79.4. The topological polar surface area (TPSA) is 349 Å². The minimum Gasteiger partial charge on any atom is -0.423 e. The molecule has 0 amide bonds. The van der Waals surface area contributed by atoms with Crippen molar-refractivity contribution in [2.75, 3.05) is 45.9 Å². The van der Waals surface area contributed by atoms with Gasteiger partial charge in [-0.1, -0.05) is 188 Å². The number of rotatable bonds is 21. The monoisotopic (exact) mass is 1530 g/mol. The molecule has 32 heteroatoms. The third-order valence-electron chi connectivity index (χ3n) is 16.4. The average molecular weight is 1530 g/mol. The van der Waals surface area contributed by atoms with Crippen LogP contribution in [0.15, 0.2) is 201 Å². The second kappa shape index (κ2) is 42.4. The van der Waals surface area contributed by atoms with E-state index in [0.29, 0.717) is 88.0 Å². The zero-order valence-corrected chi connectivity index (χ0v) is 59.6. The third kappa shape index (κ3) is 25.9. The molecule has 0 saturated carbocycles. The molecule has 580 valence electrons. The van der Waals surface area contributed by atoms with Crippen LogP contribution < -0.4 is 49.1 Å². The SMILES string of the molecule is C.C.C.CC[C@H](CO)Nc1nc(NCc2ccc(-c3cccc(C(F)(F)F)c3)cc2)c2ncn(C(C)C)c2n1.CC[C@H](CO)Nc1nc(NCc2ccc(-c3cccc(N)c3)cc2)c2ncn(C(C)C)c2n1.Cl.Nc1cccc(B(O)O)c1.OB(O)c1ccc2ccccc2c1.OB(O)c1cccc(C(F)(F)F)c1. The van der Waals surface area contributed by atoms with Crippen molar-refractivity contribution in [2.45, 2.75) is 126 Å². The summed E-state index contributed by atoms with van der Waals surface area (Å²) in [4.78, 5) is 27.6. The highest BCUT2D eigenvalue weighted by atomic mass is 35.5. The molecule has 2 atom stereocenters. The van der Waals surface area contributed by atoms with Gasteiger partial charge in [0.2, 0.25) is 11.9 Å². The first kappa shape index (κ1) is 91.1. The molecule has 8 aromatic carbocycles. The molecule has 0 aliphatic carbocycles. The number of nitrogen functional groups attached to an aromatic ring is 2. The smallest absolute Gasteiger partial charge is 0.423 e. The van der Waals surface area contributed by atoms with Crippen LogP contribution in [0.3, 0.4) is 0 Å². The number of aliphatic hydroxyl groups excluding tert-OH is 2. The van der Waals surface area contributed by atoms with E-state index in [1.165, 1.54) is 18.2 Å². The van der Waals surface area contributed by atoms with Crippen LogP contribution in [-0.4, -0.2) is 126 Å². The maximum atomic E-state index is 13.1. The van der Waals surface area contributed by atoms with Gasteiger partial charge in [-0.15, -0.1) is 12.4 Å². The van der Waals surface area contributed by atoms with Crippen molar-refractivity contribution in [3.8, 4) is 22.3 Å². The van der Waals surface area contributed by atoms with E-state index in [0.717, 1.165) is 80.6 Å². The van der Waals surface area contributed by atoms with Crippen molar-refractivity contribution in [3.63, 3.8) is 0 Å². The van der Waals surface area contributed by atoms with Crippen LogP contribution in [0.2, 0.25) is 0 Å². The number of hydrogen-bond donors (Lipinski definition) is 14. The Morgan fingerprint density at radius 2 is 0.817 bits per heavy atom. The van der Waals surface area contributed by atoms with Gasteiger partial charge in [0.25, 0.3) is 0 Å². The van der Waals surface area contributed by atoms with E-state index >= 15 is 0 Å². The highest BCUT2D eigenvalue weighted by Crippen LogP contribution is 2.34. The Bertz CT molecular complexity index is 4750. The van der Waals surface area contributed by atoms with Gasteiger partial charge in [0, 0.05) is 36.5 Å². The largest absolute Gasteiger partial charge is 0.488 e. The van der Waals surface area contributed by atoms with E-state index < -0.39 is 44.8 Å². The molecule has 0 saturated heterocycles. The van der Waals surface area contributed by atoms with Gasteiger partial charge in [0.05, 0.1) is 49.1 Å². The first-order chi connectivity index (χ1) is 50.0. The predicted molar refractivity (Wildman–Crippen MR) is 432 cm³/mol. The molecule has 0 bridgehead atoms. The second-order valence-corrected chi connectivity index (χ2v) is 24.8. The Morgan fingerprint density at radius 3 is 1.21 bits per heavy atom. The zero-order chi connectivity index (χ0) is 76.1. The third-order valence-corrected chi connectivity index (χ3v) is 16.4. The zero-order valence-electron chi connectivity index (χ0n) is 58.8. The van der Waals surface area contributed by atoms with Crippen molar-refractivity contribution in [1.29, 1.82) is 0 Å². The van der Waals surface area contributed by atoms with Gasteiger partial charge < -0.3 is 82.2 Å². The Labute approximate surface area is 638 Å². The summed E-state index contributed by atoms with van der Waals surface area (Å²) in [5, 5.41) is 86.8. The lowest BCUT2D eigenvalue weighted by molar-refractivity contribution is -0.138. The van der Waals surface area contributed by atoms with Gasteiger partial charge in [0.1, 0.15) is 0 Å². The van der Waals surface area contributed by atoms with E-state index in [2.05, 4.69) is 95.4 Å². The predicted octanol–water partition coefficient (Wildman–Crippen LogP) is 12.5. The molecule has 0 fully saturated rings. The number of anilines is 6. The summed E-state index contributed by atoms with van der Waals surface area (Å²) in [5.74, 6) is 2.09. The molecule has 0 radical (unpaired) electrons. The minimum atomic E-state index is -4.45. The highest BCUT2D eigenvalue weighted by molar-refractivity contribution is 6.59. The van der Waals surface area contributed by atoms with Crippen LogP contribution in [0.5, 0.6) is 0 Å². The van der Waals surface area contributed by atoms with E-state index in [4.69, 9.17) is 41.6 Å². The number of halogens is 7. The van der Waals surface area contributed by atoms with Crippen LogP contribution >= 0.6 is 12.4 Å². The maximum Gasteiger partial charge on any atom is 0.488 e. The molecule has 4 heterocycles. The molecule has 12 rings (SSSR count). The maximum absolute atomic E-state index is 13.1. The number of imidazole rings is 2. The number of benzene rings is 8. The molecule has 0 aliphatic heterocycles. The fraction of sp³-hybridized carbons (Fsp3) is 0.273. The van der Waals surface area contributed by atoms with Gasteiger partial charge >= 0.3 is 33.7 Å². The Morgan fingerprint density at radius 1 is 0.431 bits per heavy atom. The molecule has 16 N–H and O–H groups in total. The number of fused-ring (bicyclic) bond motifs is 3. The molecule has 109 heavy (non-hydrogen) atoms. The fourth-order valence-electron chi connectivity index (χ4n) is 10.4. The van der Waals surface area contributed by atoms with E-state index in [1.807, 2.05) is 97.5 Å². The van der Waals surface area contributed by atoms with Gasteiger partial charge in [-0.3, -0.25) is 0 Å². The Kier molecular flexibility index (Phi) is 35.4. The van der Waals surface area contributed by atoms with Crippen LogP contribution in [0, 0.1) is 0 Å². The first-order valence-corrected chi connectivity index (χ1v) is 33.6. The first-order valence-electron chi connectivity index (χ1n) is 33.6. The Balaban J connectivity index is 0.000000311. The summed E-state index contributed by atoms with van der Waals surface area (Å²) in [6, 6.07) is 52.5. The van der Waals surface area contributed by atoms with Crippen LogP contribution in [0.25, 0.3) is 55.4 Å². The number of aromatic nitrogens is 8. The number of nitrogens with zero attached hydrogens (tertiary/aromatic N) is 8. The lowest BCUT2D eigenvalue weighted by Crippen LogP contribution is -2.30. The lowest BCUT2D eigenvalue weighted by atomic mass is 9.79. The van der Waals surface area contributed by atoms with Crippen LogP contribution in [0.4, 0.5) is 61.2 Å². The van der Waals surface area contributed by atoms with Crippen molar-refractivity contribution in [3.05, 3.63) is 223 Å². The van der Waals surface area contributed by atoms with E-state index in [-0.39, 0.29) is 77.5 Å². The standard InChI is InChI=1S/C26H29F3N6O.C25H31N7O.C10H9BO2.C7H6BF3O2.C6H8BNO2.3CH4.ClH/c1-4-21(14-36)32-25-33-23(22-24(34-25)35(15-31-22)16(2)3)30-13-17-8-10-18(11-9-17)19-6-5-7-20(12-19)26(27,28)29;1-4-21(14-33)29-25-30-23(22-24(31-25)32(15-28-22)16(2)3)27-13-17-8-10-18(11-9-17)19-6-5-7-20(26)12-19;12-11(13)10-6-5-8-3-1-2-4-9(8)7-10;9-7(10,11)5-2-1-3-6(4-5)8(12)13;8-6-3-1-2-5(4-6)7(9)10;;;;/h5-12,15-16,21,36H,4,13-14H2,1-3H3,(H2,30,32,33,34);5-12,15-16,21,33H,4,13-14,26H2,1-3H3,(H2,27,29,30,31);1-7,12-13H;1-4,12-13H;1-4,9-10H,8H2;3*1H4;1H/t2*21-;;;;;;;/m11......./s1. The van der Waals surface area contributed by atoms with Gasteiger partial charge in [-0.25, -0.2) is 9.97 Å². The van der Waals surface area contributed by atoms with Crippen LogP contribution in [-0.2, 0) is 25.4 Å². The number of nitrogens with one attached hydrogen (secondary N) is 4. The molecule has 0 spiro atoms. The Hall–Kier alpha value is -10.3. The number of alkyl halides is 6. The summed E-state index contributed by atoms with van der Waals surface area (Å²) in [6.45, 7) is 13.2. The van der Waals surface area contributed by atoms with Gasteiger partial charge in [0.15, 0.2) is 34.0 Å². The molecular weight excluding hydrogens is 1430 g/mol. The number of nitrogens with two attached hydrogens (primary N) is 2. The van der Waals surface area contributed by atoms with Crippen molar-refractivity contribution in [1.82, 2.24) is 39.0 Å². The minimum absolute atomic E-state index is 0. The quantitative estimate of drug-likeness (QED) is 0.0180. The van der Waals surface area contributed by atoms with Crippen molar-refractivity contribution < 1.29 is 66.7 Å². The fourth-order valence-corrected chi connectivity index (χ4v) is 10.4. The molecule has 4 aromatic heterocycles. The van der Waals surface area contributed by atoms with Crippen molar-refractivity contribution >= 4 is 118 Å². The van der Waals surface area contributed by atoms with E-state index in [1.54, 1.807) is 61.2 Å². The number of hydrogen-bond acceptors (Lipinski definition) is 20. The molecular formula is C77H96B3ClF6N14O8. The molecule has 0 aliphatic rings. The normalized spacial score (nSPS) is 11.4. The number of aliphatic hydroxyl groups is 2. The summed E-state index contributed by atoms with van der Waals surface area (Å²) >= 11 is 0. The summed E-state index contributed by atoms with van der Waals surface area (Å²) in [6.07, 6.45) is -3.83. The van der Waals surface area contributed by atoms with Gasteiger partial charge in [-0.05, 0) is 137 Å². The van der Waals surface area contributed by atoms with Gasteiger partial charge in [-0.2, -0.15) is 46.3 Å². The average Bonchev–Trinajstić information content (AvgIpc) is 1.66. The molecule has 22 nitrogen and oxygen atoms in total. The summed E-state index contributed by atoms with van der Waals surface area (Å²) in [5.41, 5.74) is 20.0.